The van der Waals surface area contributed by atoms with Crippen LogP contribution < -0.4 is 9.47 Å². The predicted molar refractivity (Wildman–Crippen MR) is 110 cm³/mol. The molecule has 8 nitrogen and oxygen atoms in total. The predicted octanol–water partition coefficient (Wildman–Crippen LogP) is 2.54. The molecule has 1 aromatic carbocycles. The normalized spacial score (nSPS) is 31.7. The van der Waals surface area contributed by atoms with E-state index in [4.69, 9.17) is 18.9 Å². The number of carbonyl (C=O) groups excluding carboxylic acids is 1. The molecule has 0 aliphatic carbocycles. The molecular formula is C23H32O8. The summed E-state index contributed by atoms with van der Waals surface area (Å²) in [6, 6.07) is 1.42. The van der Waals surface area contributed by atoms with Gasteiger partial charge in [-0.15, -0.1) is 0 Å². The quantitative estimate of drug-likeness (QED) is 0.660. The summed E-state index contributed by atoms with van der Waals surface area (Å²) >= 11 is 0. The lowest BCUT2D eigenvalue weighted by Crippen LogP contribution is -2.58. The number of phenolic OH excluding ortho intramolecular Hbond substituents is 1. The molecule has 3 N–H and O–H groups in total. The van der Waals surface area contributed by atoms with Crippen molar-refractivity contribution in [2.24, 2.45) is 11.8 Å². The first-order valence-electron chi connectivity index (χ1n) is 10.8. The van der Waals surface area contributed by atoms with Crippen molar-refractivity contribution >= 4 is 5.78 Å². The molecule has 1 fully saturated rings. The number of aliphatic hydroxyl groups is 2. The number of fused-ring (bicyclic) bond motifs is 4. The maximum Gasteiger partial charge on any atom is 0.213 e. The molecule has 0 bridgehead atoms. The third-order valence-corrected chi connectivity index (χ3v) is 6.56. The minimum absolute atomic E-state index is 0.0141. The van der Waals surface area contributed by atoms with E-state index in [1.807, 2.05) is 13.8 Å². The zero-order chi connectivity index (χ0) is 22.7. The van der Waals surface area contributed by atoms with E-state index < -0.39 is 41.7 Å². The number of carbonyl (C=O) groups is 1. The summed E-state index contributed by atoms with van der Waals surface area (Å²) in [4.78, 5) is 13.8. The molecule has 0 saturated carbocycles. The maximum atomic E-state index is 13.8. The second-order valence-electron chi connectivity index (χ2n) is 10.1. The third kappa shape index (κ3) is 4.02. The Morgan fingerprint density at radius 3 is 2.68 bits per heavy atom. The fourth-order valence-corrected chi connectivity index (χ4v) is 4.88. The SMILES string of the molecule is COC1C(O)OC2Oc3cc(O)c4c(c3C(=O)C2C1CCC(C)(C)O)OC(C)(C)CC4. The van der Waals surface area contributed by atoms with Crippen LogP contribution in [0.25, 0.3) is 0 Å². The molecule has 0 aromatic heterocycles. The third-order valence-electron chi connectivity index (χ3n) is 6.56. The fourth-order valence-electron chi connectivity index (χ4n) is 4.88. The van der Waals surface area contributed by atoms with Crippen molar-refractivity contribution in [3.63, 3.8) is 0 Å². The average molecular weight is 437 g/mol. The van der Waals surface area contributed by atoms with E-state index in [0.717, 1.165) is 0 Å². The van der Waals surface area contributed by atoms with Gasteiger partial charge in [-0.2, -0.15) is 0 Å². The summed E-state index contributed by atoms with van der Waals surface area (Å²) in [5.41, 5.74) is -0.530. The van der Waals surface area contributed by atoms with Gasteiger partial charge in [0, 0.05) is 24.7 Å². The summed E-state index contributed by atoms with van der Waals surface area (Å²) < 4.78 is 23.2. The summed E-state index contributed by atoms with van der Waals surface area (Å²) in [6.07, 6.45) is -0.922. The van der Waals surface area contributed by atoms with Crippen LogP contribution in [0.3, 0.4) is 0 Å². The van der Waals surface area contributed by atoms with Crippen LogP contribution in [-0.2, 0) is 15.9 Å². The molecule has 4 rings (SSSR count). The Hall–Kier alpha value is -1.87. The molecule has 5 atom stereocenters. The average Bonchev–Trinajstić information content (AvgIpc) is 2.64. The van der Waals surface area contributed by atoms with Gasteiger partial charge in [-0.3, -0.25) is 4.79 Å². The molecule has 0 amide bonds. The first-order valence-corrected chi connectivity index (χ1v) is 10.8. The Morgan fingerprint density at radius 1 is 1.32 bits per heavy atom. The van der Waals surface area contributed by atoms with E-state index in [1.165, 1.54) is 13.2 Å². The van der Waals surface area contributed by atoms with Crippen molar-refractivity contribution in [2.75, 3.05) is 7.11 Å². The number of rotatable bonds is 4. The second-order valence-corrected chi connectivity index (χ2v) is 10.1. The highest BCUT2D eigenvalue weighted by Crippen LogP contribution is 2.51. The highest BCUT2D eigenvalue weighted by molar-refractivity contribution is 6.05. The van der Waals surface area contributed by atoms with Gasteiger partial charge in [0.15, 0.2) is 12.1 Å². The van der Waals surface area contributed by atoms with E-state index in [0.29, 0.717) is 42.6 Å². The number of ketones is 1. The molecular weight excluding hydrogens is 404 g/mol. The number of aliphatic hydroxyl groups excluding tert-OH is 1. The van der Waals surface area contributed by atoms with Gasteiger partial charge in [0.25, 0.3) is 0 Å². The van der Waals surface area contributed by atoms with Gasteiger partial charge in [-0.05, 0) is 53.4 Å². The standard InChI is InChI=1S/C23H32O8/c1-22(2,27)8-6-12-15-17(25)16-14(29-21(15)30-20(26)19(12)28-5)10-13(24)11-7-9-23(3,4)31-18(11)16/h10,12,15,19-21,24,26-27H,6-9H2,1-5H3. The Morgan fingerprint density at radius 2 is 2.03 bits per heavy atom. The lowest BCUT2D eigenvalue weighted by molar-refractivity contribution is -0.298. The Labute approximate surface area is 182 Å². The molecule has 3 heterocycles. The van der Waals surface area contributed by atoms with Crippen LogP contribution in [0, 0.1) is 11.8 Å². The Balaban J connectivity index is 1.78. The number of hydrogen-bond acceptors (Lipinski definition) is 8. The van der Waals surface area contributed by atoms with Crippen LogP contribution in [0.2, 0.25) is 0 Å². The van der Waals surface area contributed by atoms with Gasteiger partial charge in [0.2, 0.25) is 6.29 Å². The van der Waals surface area contributed by atoms with Crippen molar-refractivity contribution in [3.8, 4) is 17.2 Å². The first-order chi connectivity index (χ1) is 14.4. The van der Waals surface area contributed by atoms with Crippen LogP contribution in [-0.4, -0.2) is 58.1 Å². The maximum absolute atomic E-state index is 13.8. The minimum atomic E-state index is -1.28. The molecule has 3 aliphatic rings. The van der Waals surface area contributed by atoms with E-state index >= 15 is 0 Å². The van der Waals surface area contributed by atoms with Gasteiger partial charge in [-0.1, -0.05) is 0 Å². The van der Waals surface area contributed by atoms with Crippen molar-refractivity contribution in [1.82, 2.24) is 0 Å². The van der Waals surface area contributed by atoms with Gasteiger partial charge < -0.3 is 34.3 Å². The molecule has 31 heavy (non-hydrogen) atoms. The van der Waals surface area contributed by atoms with Crippen LogP contribution >= 0.6 is 0 Å². The second kappa shape index (κ2) is 7.62. The smallest absolute Gasteiger partial charge is 0.213 e. The summed E-state index contributed by atoms with van der Waals surface area (Å²) in [7, 11) is 1.46. The van der Waals surface area contributed by atoms with Crippen molar-refractivity contribution < 1.29 is 39.1 Å². The number of benzene rings is 1. The van der Waals surface area contributed by atoms with Crippen molar-refractivity contribution in [3.05, 3.63) is 17.2 Å². The number of ether oxygens (including phenoxy) is 4. The molecule has 172 valence electrons. The lowest BCUT2D eigenvalue weighted by atomic mass is 9.74. The van der Waals surface area contributed by atoms with E-state index in [1.54, 1.807) is 13.8 Å². The number of phenols is 1. The Bertz CT molecular complexity index is 871. The highest BCUT2D eigenvalue weighted by Gasteiger charge is 2.54. The van der Waals surface area contributed by atoms with Crippen molar-refractivity contribution in [1.29, 1.82) is 0 Å². The lowest BCUT2D eigenvalue weighted by Gasteiger charge is -2.47. The van der Waals surface area contributed by atoms with Gasteiger partial charge >= 0.3 is 0 Å². The molecule has 0 spiro atoms. The summed E-state index contributed by atoms with van der Waals surface area (Å²) in [5, 5.41) is 31.2. The molecule has 5 unspecified atom stereocenters. The zero-order valence-electron chi connectivity index (χ0n) is 18.7. The molecule has 1 aromatic rings. The first kappa shape index (κ1) is 22.3. The van der Waals surface area contributed by atoms with Crippen LogP contribution in [0.5, 0.6) is 17.2 Å². The van der Waals surface area contributed by atoms with Gasteiger partial charge in [0.1, 0.15) is 34.5 Å². The van der Waals surface area contributed by atoms with Gasteiger partial charge in [-0.25, -0.2) is 0 Å². The molecule has 3 aliphatic heterocycles. The van der Waals surface area contributed by atoms with Crippen LogP contribution in [0.15, 0.2) is 6.07 Å². The van der Waals surface area contributed by atoms with Crippen LogP contribution in [0.1, 0.15) is 62.9 Å². The summed E-state index contributed by atoms with van der Waals surface area (Å²) in [6.45, 7) is 7.28. The number of Topliss-reactive ketones (excluding diaryl/α,β-unsaturated/α-hetero) is 1. The van der Waals surface area contributed by atoms with Gasteiger partial charge in [0.05, 0.1) is 11.5 Å². The van der Waals surface area contributed by atoms with E-state index in [2.05, 4.69) is 0 Å². The summed E-state index contributed by atoms with van der Waals surface area (Å²) in [5.74, 6) is -0.854. The number of aromatic hydroxyl groups is 1. The largest absolute Gasteiger partial charge is 0.507 e. The molecule has 8 heteroatoms. The van der Waals surface area contributed by atoms with Crippen molar-refractivity contribution in [2.45, 2.75) is 83.3 Å². The van der Waals surface area contributed by atoms with E-state index in [9.17, 15) is 20.1 Å². The number of methoxy groups -OCH3 is 1. The number of hydrogen-bond donors (Lipinski definition) is 3. The Kier molecular flexibility index (Phi) is 5.49. The minimum Gasteiger partial charge on any atom is -0.507 e. The van der Waals surface area contributed by atoms with E-state index in [-0.39, 0.29) is 17.3 Å². The fraction of sp³-hybridized carbons (Fsp3) is 0.696. The zero-order valence-corrected chi connectivity index (χ0v) is 18.7. The monoisotopic (exact) mass is 436 g/mol. The van der Waals surface area contributed by atoms with Crippen LogP contribution in [0.4, 0.5) is 0 Å². The topological polar surface area (TPSA) is 115 Å². The molecule has 1 saturated heterocycles. The molecule has 0 radical (unpaired) electrons. The highest BCUT2D eigenvalue weighted by atomic mass is 16.7.